The predicted molar refractivity (Wildman–Crippen MR) is 104 cm³/mol. The van der Waals surface area contributed by atoms with Crippen LogP contribution in [0, 0.1) is 0 Å². The summed E-state index contributed by atoms with van der Waals surface area (Å²) in [7, 11) is -2.37. The summed E-state index contributed by atoms with van der Waals surface area (Å²) in [6, 6.07) is 15.3. The molecule has 0 aliphatic rings. The van der Waals surface area contributed by atoms with Gasteiger partial charge in [0.2, 0.25) is 5.91 Å². The maximum atomic E-state index is 12.2. The van der Waals surface area contributed by atoms with E-state index in [0.29, 0.717) is 5.75 Å². The molecule has 0 fully saturated rings. The van der Waals surface area contributed by atoms with E-state index in [4.69, 9.17) is 4.74 Å². The van der Waals surface area contributed by atoms with E-state index in [1.54, 1.807) is 6.20 Å². The van der Waals surface area contributed by atoms with Gasteiger partial charge in [0.1, 0.15) is 5.75 Å². The van der Waals surface area contributed by atoms with Crippen LogP contribution >= 0.6 is 11.8 Å². The van der Waals surface area contributed by atoms with E-state index in [2.05, 4.69) is 15.2 Å². The summed E-state index contributed by atoms with van der Waals surface area (Å²) in [5.74, 6) is 0.115. The standard InChI is InChI=1S/C18H17N3O4S2/c1-25-14-7-9-15(10-8-14)27(23,24)21-20-17(22)12-26-16-6-2-4-13-5-3-11-19-18(13)16/h2-11,21H,12H2,1H3,(H,20,22). The lowest BCUT2D eigenvalue weighted by molar-refractivity contribution is -0.119. The number of rotatable bonds is 7. The number of hydrogen-bond acceptors (Lipinski definition) is 6. The van der Waals surface area contributed by atoms with Crippen molar-refractivity contribution in [2.45, 2.75) is 9.79 Å². The van der Waals surface area contributed by atoms with Gasteiger partial charge in [-0.25, -0.2) is 8.42 Å². The maximum Gasteiger partial charge on any atom is 0.257 e. The fraction of sp³-hybridized carbons (Fsp3) is 0.111. The lowest BCUT2D eigenvalue weighted by atomic mass is 10.2. The number of amides is 1. The summed E-state index contributed by atoms with van der Waals surface area (Å²) in [5, 5.41) is 0.975. The minimum Gasteiger partial charge on any atom is -0.497 e. The zero-order valence-corrected chi connectivity index (χ0v) is 16.0. The molecule has 0 atom stereocenters. The Morgan fingerprint density at radius 2 is 1.85 bits per heavy atom. The number of carbonyl (C=O) groups is 1. The molecular formula is C18H17N3O4S2. The van der Waals surface area contributed by atoms with E-state index >= 15 is 0 Å². The quantitative estimate of drug-likeness (QED) is 0.464. The van der Waals surface area contributed by atoms with Crippen molar-refractivity contribution < 1.29 is 17.9 Å². The number of thioether (sulfide) groups is 1. The van der Waals surface area contributed by atoms with Crippen molar-refractivity contribution in [3.63, 3.8) is 0 Å². The summed E-state index contributed by atoms with van der Waals surface area (Å²) in [6.07, 6.45) is 1.69. The molecule has 0 bridgehead atoms. The Kier molecular flexibility index (Phi) is 5.94. The minimum atomic E-state index is -3.86. The van der Waals surface area contributed by atoms with Gasteiger partial charge in [-0.3, -0.25) is 15.2 Å². The second-order valence-corrected chi connectivity index (χ2v) is 8.15. The fourth-order valence-electron chi connectivity index (χ4n) is 2.31. The van der Waals surface area contributed by atoms with Crippen LogP contribution in [0.2, 0.25) is 0 Å². The first-order valence-corrected chi connectivity index (χ1v) is 10.4. The molecule has 0 radical (unpaired) electrons. The van der Waals surface area contributed by atoms with Gasteiger partial charge in [-0.05, 0) is 36.4 Å². The highest BCUT2D eigenvalue weighted by Gasteiger charge is 2.15. The Hall–Kier alpha value is -2.62. The maximum absolute atomic E-state index is 12.2. The van der Waals surface area contributed by atoms with Crippen molar-refractivity contribution in [2.75, 3.05) is 12.9 Å². The Bertz CT molecular complexity index is 1050. The normalized spacial score (nSPS) is 11.3. The third kappa shape index (κ3) is 4.76. The van der Waals surface area contributed by atoms with Crippen LogP contribution in [0.5, 0.6) is 5.75 Å². The molecular weight excluding hydrogens is 386 g/mol. The summed E-state index contributed by atoms with van der Waals surface area (Å²) < 4.78 is 29.4. The highest BCUT2D eigenvalue weighted by atomic mass is 32.2. The smallest absolute Gasteiger partial charge is 0.257 e. The van der Waals surface area contributed by atoms with Crippen LogP contribution in [-0.4, -0.2) is 32.2 Å². The van der Waals surface area contributed by atoms with Gasteiger partial charge < -0.3 is 4.74 Å². The number of ether oxygens (including phenoxy) is 1. The van der Waals surface area contributed by atoms with Crippen LogP contribution in [0.4, 0.5) is 0 Å². The molecule has 140 valence electrons. The Morgan fingerprint density at radius 3 is 2.59 bits per heavy atom. The van der Waals surface area contributed by atoms with Crippen LogP contribution in [-0.2, 0) is 14.8 Å². The van der Waals surface area contributed by atoms with Gasteiger partial charge in [-0.15, -0.1) is 16.6 Å². The summed E-state index contributed by atoms with van der Waals surface area (Å²) in [4.78, 5) is 19.3. The second kappa shape index (κ2) is 8.38. The number of benzene rings is 2. The number of carbonyl (C=O) groups excluding carboxylic acids is 1. The van der Waals surface area contributed by atoms with Crippen LogP contribution in [0.3, 0.4) is 0 Å². The highest BCUT2D eigenvalue weighted by Crippen LogP contribution is 2.25. The molecule has 2 N–H and O–H groups in total. The predicted octanol–water partition coefficient (Wildman–Crippen LogP) is 2.35. The third-order valence-electron chi connectivity index (χ3n) is 3.65. The molecule has 2 aromatic carbocycles. The zero-order chi connectivity index (χ0) is 19.3. The molecule has 1 heterocycles. The largest absolute Gasteiger partial charge is 0.497 e. The highest BCUT2D eigenvalue weighted by molar-refractivity contribution is 8.00. The van der Waals surface area contributed by atoms with Crippen LogP contribution in [0.1, 0.15) is 0 Å². The molecule has 0 spiro atoms. The average molecular weight is 403 g/mol. The first-order valence-electron chi connectivity index (χ1n) is 7.91. The number of para-hydroxylation sites is 1. The van der Waals surface area contributed by atoms with E-state index in [0.717, 1.165) is 15.8 Å². The van der Waals surface area contributed by atoms with Gasteiger partial charge in [-0.2, -0.15) is 0 Å². The van der Waals surface area contributed by atoms with Crippen LogP contribution < -0.4 is 15.0 Å². The summed E-state index contributed by atoms with van der Waals surface area (Å²) >= 11 is 1.28. The lowest BCUT2D eigenvalue weighted by Crippen LogP contribution is -2.42. The SMILES string of the molecule is COc1ccc(S(=O)(=O)NNC(=O)CSc2cccc3cccnc23)cc1. The van der Waals surface area contributed by atoms with Crippen molar-refractivity contribution >= 4 is 38.6 Å². The molecule has 1 aromatic heterocycles. The average Bonchev–Trinajstić information content (AvgIpc) is 2.70. The summed E-state index contributed by atoms with van der Waals surface area (Å²) in [5.41, 5.74) is 3.02. The molecule has 3 rings (SSSR count). The van der Waals surface area contributed by atoms with Crippen molar-refractivity contribution in [3.8, 4) is 5.75 Å². The van der Waals surface area contributed by atoms with Crippen molar-refractivity contribution in [2.24, 2.45) is 0 Å². The van der Waals surface area contributed by atoms with E-state index in [1.807, 2.05) is 30.3 Å². The molecule has 0 aliphatic heterocycles. The van der Waals surface area contributed by atoms with Gasteiger partial charge in [0.25, 0.3) is 10.0 Å². The molecule has 0 unspecified atom stereocenters. The Labute approximate surface area is 161 Å². The van der Waals surface area contributed by atoms with Gasteiger partial charge >= 0.3 is 0 Å². The number of hydrazine groups is 1. The molecule has 0 saturated heterocycles. The zero-order valence-electron chi connectivity index (χ0n) is 14.4. The first-order chi connectivity index (χ1) is 13.0. The lowest BCUT2D eigenvalue weighted by Gasteiger charge is -2.09. The fourth-order valence-corrected chi connectivity index (χ4v) is 4.01. The molecule has 3 aromatic rings. The monoisotopic (exact) mass is 403 g/mol. The van der Waals surface area contributed by atoms with E-state index in [9.17, 15) is 13.2 Å². The minimum absolute atomic E-state index is 0.0227. The molecule has 7 nitrogen and oxygen atoms in total. The first kappa shape index (κ1) is 19.2. The van der Waals surface area contributed by atoms with Gasteiger partial charge in [0, 0.05) is 16.5 Å². The topological polar surface area (TPSA) is 97.4 Å². The number of pyridine rings is 1. The number of methoxy groups -OCH3 is 1. The van der Waals surface area contributed by atoms with Crippen LogP contribution in [0.25, 0.3) is 10.9 Å². The molecule has 1 amide bonds. The van der Waals surface area contributed by atoms with Gasteiger partial charge in [0.15, 0.2) is 0 Å². The second-order valence-electron chi connectivity index (χ2n) is 5.45. The molecule has 0 saturated carbocycles. The van der Waals surface area contributed by atoms with Gasteiger partial charge in [-0.1, -0.05) is 18.2 Å². The number of sulfonamides is 1. The van der Waals surface area contributed by atoms with E-state index in [-0.39, 0.29) is 10.6 Å². The van der Waals surface area contributed by atoms with E-state index < -0.39 is 15.9 Å². The molecule has 27 heavy (non-hydrogen) atoms. The third-order valence-corrected chi connectivity index (χ3v) is 5.96. The number of nitrogens with zero attached hydrogens (tertiary/aromatic N) is 1. The number of hydrogen-bond donors (Lipinski definition) is 2. The summed E-state index contributed by atoms with van der Waals surface area (Å²) in [6.45, 7) is 0. The van der Waals surface area contributed by atoms with Crippen molar-refractivity contribution in [1.29, 1.82) is 0 Å². The van der Waals surface area contributed by atoms with Crippen molar-refractivity contribution in [3.05, 3.63) is 60.8 Å². The van der Waals surface area contributed by atoms with Gasteiger partial charge in [0.05, 0.1) is 23.3 Å². The molecule has 9 heteroatoms. The Morgan fingerprint density at radius 1 is 1.11 bits per heavy atom. The van der Waals surface area contributed by atoms with Crippen LogP contribution in [0.15, 0.2) is 70.6 Å². The van der Waals surface area contributed by atoms with E-state index in [1.165, 1.54) is 43.1 Å². The van der Waals surface area contributed by atoms with Crippen molar-refractivity contribution in [1.82, 2.24) is 15.2 Å². The number of nitrogens with one attached hydrogen (secondary N) is 2. The molecule has 0 aliphatic carbocycles. The number of aromatic nitrogens is 1. The Balaban J connectivity index is 1.59. The number of fused-ring (bicyclic) bond motifs is 1.